The highest BCUT2D eigenvalue weighted by Crippen LogP contribution is 1.98. The first-order valence-corrected chi connectivity index (χ1v) is 4.82. The predicted octanol–water partition coefficient (Wildman–Crippen LogP) is -1.01. The smallest absolute Gasteiger partial charge is 0.268 e. The van der Waals surface area contributed by atoms with Gasteiger partial charge in [0.2, 0.25) is 0 Å². The zero-order valence-electron chi connectivity index (χ0n) is 8.68. The molecule has 0 spiro atoms. The highest BCUT2D eigenvalue weighted by atomic mass is 16.3. The van der Waals surface area contributed by atoms with Crippen molar-refractivity contribution in [3.63, 3.8) is 0 Å². The molecule has 1 aromatic heterocycles. The van der Waals surface area contributed by atoms with Crippen molar-refractivity contribution < 1.29 is 5.11 Å². The maximum atomic E-state index is 11.5. The van der Waals surface area contributed by atoms with E-state index in [0.717, 1.165) is 0 Å². The first kappa shape index (κ1) is 11.7. The number of hydrogen-bond donors (Lipinski definition) is 3. The summed E-state index contributed by atoms with van der Waals surface area (Å²) in [6.07, 6.45) is 0.956. The van der Waals surface area contributed by atoms with Crippen LogP contribution in [0.15, 0.2) is 17.1 Å². The van der Waals surface area contributed by atoms with E-state index in [2.05, 4.69) is 10.4 Å². The fraction of sp³-hybridized carbons (Fsp3) is 0.556. The van der Waals surface area contributed by atoms with Crippen LogP contribution in [-0.4, -0.2) is 34.1 Å². The van der Waals surface area contributed by atoms with E-state index in [-0.39, 0.29) is 12.1 Å². The van der Waals surface area contributed by atoms with E-state index in [4.69, 9.17) is 10.8 Å². The van der Waals surface area contributed by atoms with Gasteiger partial charge in [0.25, 0.3) is 5.56 Å². The predicted molar refractivity (Wildman–Crippen MR) is 57.7 cm³/mol. The maximum Gasteiger partial charge on any atom is 0.268 e. The molecule has 1 unspecified atom stereocenters. The Bertz CT molecular complexity index is 361. The molecule has 0 saturated heterocycles. The van der Waals surface area contributed by atoms with Gasteiger partial charge in [-0.1, -0.05) is 0 Å². The summed E-state index contributed by atoms with van der Waals surface area (Å²) < 4.78 is 1.22. The number of aliphatic hydroxyl groups excluding tert-OH is 1. The van der Waals surface area contributed by atoms with Crippen LogP contribution < -0.4 is 16.6 Å². The minimum atomic E-state index is -0.585. The number of nitrogens with zero attached hydrogens (tertiary/aromatic N) is 2. The van der Waals surface area contributed by atoms with Crippen molar-refractivity contribution in [2.24, 2.45) is 5.73 Å². The molecule has 0 saturated carbocycles. The molecule has 0 aliphatic rings. The van der Waals surface area contributed by atoms with Gasteiger partial charge in [-0.2, -0.15) is 5.10 Å². The fourth-order valence-electron chi connectivity index (χ4n) is 1.13. The largest absolute Gasteiger partial charge is 0.391 e. The standard InChI is InChI=1S/C9H16N4O2/c1-7(14)6-13-9(15)4-8(5-12-13)11-3-2-10/h4-5,7,11,14H,2-3,6,10H2,1H3. The molecule has 6 nitrogen and oxygen atoms in total. The molecule has 4 N–H and O–H groups in total. The molecule has 6 heteroatoms. The molecule has 1 atom stereocenters. The minimum Gasteiger partial charge on any atom is -0.391 e. The third-order valence-corrected chi connectivity index (χ3v) is 1.78. The summed E-state index contributed by atoms with van der Waals surface area (Å²) in [6.45, 7) is 2.91. The van der Waals surface area contributed by atoms with Crippen molar-refractivity contribution in [3.8, 4) is 0 Å². The van der Waals surface area contributed by atoms with E-state index in [9.17, 15) is 4.79 Å². The molecule has 15 heavy (non-hydrogen) atoms. The fourth-order valence-corrected chi connectivity index (χ4v) is 1.13. The second kappa shape index (κ2) is 5.47. The van der Waals surface area contributed by atoms with E-state index in [1.807, 2.05) is 0 Å². The van der Waals surface area contributed by atoms with E-state index in [1.54, 1.807) is 13.1 Å². The summed E-state index contributed by atoms with van der Waals surface area (Å²) in [5.41, 5.74) is 5.72. The first-order chi connectivity index (χ1) is 7.13. The molecular formula is C9H16N4O2. The highest BCUT2D eigenvalue weighted by Gasteiger charge is 2.02. The van der Waals surface area contributed by atoms with Gasteiger partial charge < -0.3 is 16.2 Å². The van der Waals surface area contributed by atoms with Crippen LogP contribution in [0.5, 0.6) is 0 Å². The Kier molecular flexibility index (Phi) is 4.26. The summed E-state index contributed by atoms with van der Waals surface area (Å²) in [5.74, 6) is 0. The summed E-state index contributed by atoms with van der Waals surface area (Å²) in [7, 11) is 0. The Morgan fingerprint density at radius 3 is 3.00 bits per heavy atom. The number of nitrogens with one attached hydrogen (secondary N) is 1. The molecule has 0 aromatic carbocycles. The number of anilines is 1. The molecule has 0 bridgehead atoms. The second-order valence-electron chi connectivity index (χ2n) is 3.33. The number of aromatic nitrogens is 2. The number of aliphatic hydroxyl groups is 1. The van der Waals surface area contributed by atoms with Gasteiger partial charge in [0, 0.05) is 19.2 Å². The van der Waals surface area contributed by atoms with E-state index in [1.165, 1.54) is 10.7 Å². The number of rotatable bonds is 5. The van der Waals surface area contributed by atoms with Crippen molar-refractivity contribution >= 4 is 5.69 Å². The third-order valence-electron chi connectivity index (χ3n) is 1.78. The molecule has 0 radical (unpaired) electrons. The van der Waals surface area contributed by atoms with Gasteiger partial charge >= 0.3 is 0 Å². The maximum absolute atomic E-state index is 11.5. The SMILES string of the molecule is CC(O)Cn1ncc(NCCN)cc1=O. The lowest BCUT2D eigenvalue weighted by Crippen LogP contribution is -2.27. The summed E-state index contributed by atoms with van der Waals surface area (Å²) in [5, 5.41) is 16.0. The van der Waals surface area contributed by atoms with Crippen LogP contribution in [0.25, 0.3) is 0 Å². The monoisotopic (exact) mass is 212 g/mol. The third kappa shape index (κ3) is 3.69. The topological polar surface area (TPSA) is 93.2 Å². The summed E-state index contributed by atoms with van der Waals surface area (Å²) in [6, 6.07) is 1.44. The Morgan fingerprint density at radius 1 is 1.73 bits per heavy atom. The van der Waals surface area contributed by atoms with Crippen molar-refractivity contribution in [1.82, 2.24) is 9.78 Å². The van der Waals surface area contributed by atoms with Crippen molar-refractivity contribution in [3.05, 3.63) is 22.6 Å². The van der Waals surface area contributed by atoms with Crippen LogP contribution in [0.1, 0.15) is 6.92 Å². The second-order valence-corrected chi connectivity index (χ2v) is 3.33. The lowest BCUT2D eigenvalue weighted by molar-refractivity contribution is 0.166. The Hall–Kier alpha value is -1.40. The van der Waals surface area contributed by atoms with Gasteiger partial charge in [-0.25, -0.2) is 4.68 Å². The average molecular weight is 212 g/mol. The van der Waals surface area contributed by atoms with Crippen LogP contribution in [0.4, 0.5) is 5.69 Å². The average Bonchev–Trinajstić information content (AvgIpc) is 2.18. The van der Waals surface area contributed by atoms with Gasteiger partial charge in [0.1, 0.15) is 0 Å². The molecule has 0 aliphatic carbocycles. The highest BCUT2D eigenvalue weighted by molar-refractivity contribution is 5.38. The quantitative estimate of drug-likeness (QED) is 0.582. The van der Waals surface area contributed by atoms with Gasteiger partial charge in [-0.15, -0.1) is 0 Å². The molecule has 1 aromatic rings. The van der Waals surface area contributed by atoms with E-state index < -0.39 is 6.10 Å². The van der Waals surface area contributed by atoms with Crippen LogP contribution in [0.2, 0.25) is 0 Å². The molecule has 0 fully saturated rings. The van der Waals surface area contributed by atoms with Gasteiger partial charge in [-0.05, 0) is 6.92 Å². The molecule has 1 rings (SSSR count). The van der Waals surface area contributed by atoms with Crippen LogP contribution in [0.3, 0.4) is 0 Å². The molecule has 0 aliphatic heterocycles. The molecule has 0 amide bonds. The van der Waals surface area contributed by atoms with Crippen LogP contribution in [0, 0.1) is 0 Å². The van der Waals surface area contributed by atoms with Crippen molar-refractivity contribution in [2.75, 3.05) is 18.4 Å². The first-order valence-electron chi connectivity index (χ1n) is 4.82. The van der Waals surface area contributed by atoms with Gasteiger partial charge in [0.15, 0.2) is 0 Å². The van der Waals surface area contributed by atoms with E-state index >= 15 is 0 Å². The number of hydrogen-bond acceptors (Lipinski definition) is 5. The molecule has 84 valence electrons. The van der Waals surface area contributed by atoms with Crippen LogP contribution >= 0.6 is 0 Å². The Labute approximate surface area is 87.7 Å². The normalized spacial score (nSPS) is 12.5. The summed E-state index contributed by atoms with van der Waals surface area (Å²) in [4.78, 5) is 11.5. The molecular weight excluding hydrogens is 196 g/mol. The van der Waals surface area contributed by atoms with E-state index in [0.29, 0.717) is 18.8 Å². The summed E-state index contributed by atoms with van der Waals surface area (Å²) >= 11 is 0. The van der Waals surface area contributed by atoms with Crippen molar-refractivity contribution in [2.45, 2.75) is 19.6 Å². The lowest BCUT2D eigenvalue weighted by atomic mass is 10.4. The van der Waals surface area contributed by atoms with Gasteiger partial charge in [-0.3, -0.25) is 4.79 Å². The zero-order chi connectivity index (χ0) is 11.3. The van der Waals surface area contributed by atoms with Crippen molar-refractivity contribution in [1.29, 1.82) is 0 Å². The Morgan fingerprint density at radius 2 is 2.47 bits per heavy atom. The Balaban J connectivity index is 2.74. The zero-order valence-corrected chi connectivity index (χ0v) is 8.68. The van der Waals surface area contributed by atoms with Crippen LogP contribution in [-0.2, 0) is 6.54 Å². The lowest BCUT2D eigenvalue weighted by Gasteiger charge is -2.08. The number of nitrogens with two attached hydrogens (primary N) is 1. The van der Waals surface area contributed by atoms with Gasteiger partial charge in [0.05, 0.1) is 24.5 Å². The molecule has 1 heterocycles. The minimum absolute atomic E-state index is 0.204.